The van der Waals surface area contributed by atoms with Crippen LogP contribution >= 0.6 is 11.3 Å². The summed E-state index contributed by atoms with van der Waals surface area (Å²) >= 11 is 1.49. The third-order valence-electron chi connectivity index (χ3n) is 4.62. The van der Waals surface area contributed by atoms with E-state index in [9.17, 15) is 23.1 Å². The highest BCUT2D eigenvalue weighted by atomic mass is 32.2. The SMILES string of the molecule is CCS(=O)(=O)N1CCC(N(CC(=O)O)C(=O)C(C)c2ccsc2)CC1. The molecule has 0 spiro atoms. The van der Waals surface area contributed by atoms with Gasteiger partial charge in [0.15, 0.2) is 0 Å². The van der Waals surface area contributed by atoms with Crippen molar-refractivity contribution in [2.75, 3.05) is 25.4 Å². The van der Waals surface area contributed by atoms with Crippen LogP contribution in [0.3, 0.4) is 0 Å². The van der Waals surface area contributed by atoms with E-state index in [2.05, 4.69) is 0 Å². The number of hydrogen-bond acceptors (Lipinski definition) is 5. The summed E-state index contributed by atoms with van der Waals surface area (Å²) in [6, 6.07) is 1.61. The van der Waals surface area contributed by atoms with Gasteiger partial charge in [0, 0.05) is 19.1 Å². The van der Waals surface area contributed by atoms with Gasteiger partial charge in [-0.25, -0.2) is 12.7 Å². The molecule has 0 bridgehead atoms. The fourth-order valence-electron chi connectivity index (χ4n) is 3.06. The van der Waals surface area contributed by atoms with Crippen LogP contribution < -0.4 is 0 Å². The van der Waals surface area contributed by atoms with E-state index in [1.54, 1.807) is 13.8 Å². The first-order valence-electron chi connectivity index (χ1n) is 8.28. The Bertz CT molecular complexity index is 694. The standard InChI is InChI=1S/C16H24N2O5S2/c1-3-25(22,23)17-7-4-14(5-8-17)18(10-15(19)20)16(21)12(2)13-6-9-24-11-13/h6,9,11-12,14H,3-5,7-8,10H2,1-2H3,(H,19,20). The highest BCUT2D eigenvalue weighted by Gasteiger charge is 2.34. The van der Waals surface area contributed by atoms with Crippen molar-refractivity contribution in [3.8, 4) is 0 Å². The Morgan fingerprint density at radius 3 is 2.52 bits per heavy atom. The summed E-state index contributed by atoms with van der Waals surface area (Å²) in [4.78, 5) is 25.5. The van der Waals surface area contributed by atoms with Crippen molar-refractivity contribution >= 4 is 33.2 Å². The molecule has 1 fully saturated rings. The summed E-state index contributed by atoms with van der Waals surface area (Å²) in [5.41, 5.74) is 0.872. The normalized spacial score (nSPS) is 18.0. The van der Waals surface area contributed by atoms with Crippen LogP contribution in [-0.2, 0) is 19.6 Å². The lowest BCUT2D eigenvalue weighted by Crippen LogP contribution is -2.51. The molecule has 1 aromatic heterocycles. The van der Waals surface area contributed by atoms with E-state index in [1.807, 2.05) is 16.8 Å². The lowest BCUT2D eigenvalue weighted by Gasteiger charge is -2.38. The zero-order valence-corrected chi connectivity index (χ0v) is 16.1. The van der Waals surface area contributed by atoms with Crippen molar-refractivity contribution in [3.63, 3.8) is 0 Å². The van der Waals surface area contributed by atoms with Gasteiger partial charge in [0.2, 0.25) is 15.9 Å². The van der Waals surface area contributed by atoms with Gasteiger partial charge < -0.3 is 10.0 Å². The predicted molar refractivity (Wildman–Crippen MR) is 96.1 cm³/mol. The number of amides is 1. The molecule has 0 aromatic carbocycles. The average Bonchev–Trinajstić information content (AvgIpc) is 3.13. The molecule has 2 heterocycles. The highest BCUT2D eigenvalue weighted by molar-refractivity contribution is 7.89. The maximum atomic E-state index is 12.8. The van der Waals surface area contributed by atoms with Crippen molar-refractivity contribution in [1.82, 2.24) is 9.21 Å². The van der Waals surface area contributed by atoms with Gasteiger partial charge in [-0.15, -0.1) is 0 Å². The van der Waals surface area contributed by atoms with Crippen LogP contribution in [0, 0.1) is 0 Å². The molecule has 25 heavy (non-hydrogen) atoms. The number of hydrogen-bond donors (Lipinski definition) is 1. The quantitative estimate of drug-likeness (QED) is 0.765. The molecule has 1 saturated heterocycles. The van der Waals surface area contributed by atoms with E-state index in [0.717, 1.165) is 5.56 Å². The van der Waals surface area contributed by atoms with Crippen molar-refractivity contribution in [3.05, 3.63) is 22.4 Å². The third kappa shape index (κ3) is 4.80. The van der Waals surface area contributed by atoms with Crippen LogP contribution in [0.4, 0.5) is 0 Å². The number of thiophene rings is 1. The zero-order valence-electron chi connectivity index (χ0n) is 14.4. The monoisotopic (exact) mass is 388 g/mol. The first-order chi connectivity index (χ1) is 11.8. The van der Waals surface area contributed by atoms with Crippen LogP contribution in [0.15, 0.2) is 16.8 Å². The molecule has 1 N–H and O–H groups in total. The van der Waals surface area contributed by atoms with Gasteiger partial charge in [-0.05, 0) is 49.1 Å². The van der Waals surface area contributed by atoms with E-state index in [4.69, 9.17) is 0 Å². The maximum absolute atomic E-state index is 12.8. The Kier molecular flexibility index (Phi) is 6.59. The largest absolute Gasteiger partial charge is 0.480 e. The number of nitrogens with zero attached hydrogens (tertiary/aromatic N) is 2. The van der Waals surface area contributed by atoms with Crippen molar-refractivity contribution in [2.24, 2.45) is 0 Å². The topological polar surface area (TPSA) is 95.0 Å². The Labute approximate surface area is 152 Å². The minimum Gasteiger partial charge on any atom is -0.480 e. The third-order valence-corrected chi connectivity index (χ3v) is 7.21. The number of carbonyl (C=O) groups excluding carboxylic acids is 1. The molecule has 9 heteroatoms. The second kappa shape index (κ2) is 8.29. The van der Waals surface area contributed by atoms with Crippen molar-refractivity contribution in [2.45, 2.75) is 38.6 Å². The smallest absolute Gasteiger partial charge is 0.323 e. The molecule has 1 unspecified atom stereocenters. The molecule has 140 valence electrons. The number of sulfonamides is 1. The summed E-state index contributed by atoms with van der Waals surface area (Å²) in [6.07, 6.45) is 0.906. The van der Waals surface area contributed by atoms with E-state index in [-0.39, 0.29) is 24.2 Å². The molecule has 1 aliphatic rings. The average molecular weight is 389 g/mol. The van der Waals surface area contributed by atoms with E-state index in [0.29, 0.717) is 25.9 Å². The molecule has 1 amide bonds. The lowest BCUT2D eigenvalue weighted by atomic mass is 9.99. The van der Waals surface area contributed by atoms with Gasteiger partial charge >= 0.3 is 5.97 Å². The first kappa shape index (κ1) is 19.9. The van der Waals surface area contributed by atoms with Gasteiger partial charge in [-0.1, -0.05) is 0 Å². The minimum atomic E-state index is -3.25. The maximum Gasteiger partial charge on any atom is 0.323 e. The summed E-state index contributed by atoms with van der Waals surface area (Å²) in [7, 11) is -3.25. The van der Waals surface area contributed by atoms with Gasteiger partial charge in [0.25, 0.3) is 0 Å². The molecule has 1 aromatic rings. The predicted octanol–water partition coefficient (Wildman–Crippen LogP) is 1.58. The Hall–Kier alpha value is -1.45. The molecule has 0 aliphatic carbocycles. The van der Waals surface area contributed by atoms with Crippen LogP contribution in [0.25, 0.3) is 0 Å². The Morgan fingerprint density at radius 2 is 2.04 bits per heavy atom. The number of aliphatic carboxylic acids is 1. The summed E-state index contributed by atoms with van der Waals surface area (Å²) in [5, 5.41) is 13.0. The molecular weight excluding hydrogens is 364 g/mol. The molecule has 0 radical (unpaired) electrons. The van der Waals surface area contributed by atoms with Gasteiger partial charge in [-0.3, -0.25) is 9.59 Å². The summed E-state index contributed by atoms with van der Waals surface area (Å²) in [5.74, 6) is -1.65. The van der Waals surface area contributed by atoms with Gasteiger partial charge in [0.05, 0.1) is 11.7 Å². The second-order valence-corrected chi connectivity index (χ2v) is 9.21. The molecular formula is C16H24N2O5S2. The van der Waals surface area contributed by atoms with E-state index < -0.39 is 21.9 Å². The number of carbonyl (C=O) groups is 2. The number of rotatable bonds is 7. The van der Waals surface area contributed by atoms with E-state index >= 15 is 0 Å². The molecule has 1 atom stereocenters. The van der Waals surface area contributed by atoms with Crippen LogP contribution in [0.2, 0.25) is 0 Å². The van der Waals surface area contributed by atoms with Crippen molar-refractivity contribution in [1.29, 1.82) is 0 Å². The number of piperidine rings is 1. The van der Waals surface area contributed by atoms with Gasteiger partial charge in [0.1, 0.15) is 6.54 Å². The number of carboxylic acids is 1. The van der Waals surface area contributed by atoms with Crippen LogP contribution in [-0.4, -0.2) is 66.0 Å². The molecule has 2 rings (SSSR count). The Morgan fingerprint density at radius 1 is 1.40 bits per heavy atom. The van der Waals surface area contributed by atoms with Crippen LogP contribution in [0.1, 0.15) is 38.2 Å². The summed E-state index contributed by atoms with van der Waals surface area (Å²) < 4.78 is 25.3. The molecule has 1 aliphatic heterocycles. The summed E-state index contributed by atoms with van der Waals surface area (Å²) in [6.45, 7) is 3.65. The molecule has 7 nitrogen and oxygen atoms in total. The Balaban J connectivity index is 2.11. The minimum absolute atomic E-state index is 0.0463. The number of carboxylic acid groups (broad SMARTS) is 1. The van der Waals surface area contributed by atoms with E-state index in [1.165, 1.54) is 20.5 Å². The fraction of sp³-hybridized carbons (Fsp3) is 0.625. The van der Waals surface area contributed by atoms with Gasteiger partial charge in [-0.2, -0.15) is 11.3 Å². The molecule has 0 saturated carbocycles. The first-order valence-corrected chi connectivity index (χ1v) is 10.8. The lowest BCUT2D eigenvalue weighted by molar-refractivity contribution is -0.147. The zero-order chi connectivity index (χ0) is 18.6. The van der Waals surface area contributed by atoms with Crippen LogP contribution in [0.5, 0.6) is 0 Å². The second-order valence-electron chi connectivity index (χ2n) is 6.17. The fourth-order valence-corrected chi connectivity index (χ4v) is 4.95. The highest BCUT2D eigenvalue weighted by Crippen LogP contribution is 2.25. The van der Waals surface area contributed by atoms with Crippen molar-refractivity contribution < 1.29 is 23.1 Å².